The van der Waals surface area contributed by atoms with E-state index in [-0.39, 0.29) is 11.3 Å². The Labute approximate surface area is 160 Å². The Hall–Kier alpha value is -2.64. The van der Waals surface area contributed by atoms with Gasteiger partial charge in [0.15, 0.2) is 0 Å². The molecule has 2 aromatic carbocycles. The molecule has 0 fully saturated rings. The highest BCUT2D eigenvalue weighted by molar-refractivity contribution is 9.10. The normalized spacial score (nSPS) is 12.0. The van der Waals surface area contributed by atoms with Crippen LogP contribution in [0.4, 0.5) is 0 Å². The van der Waals surface area contributed by atoms with Crippen molar-refractivity contribution in [2.75, 3.05) is 0 Å². The molecule has 2 heterocycles. The van der Waals surface area contributed by atoms with Crippen LogP contribution < -0.4 is 15.7 Å². The number of thiazole rings is 1. The molecule has 2 aromatic heterocycles. The van der Waals surface area contributed by atoms with Crippen LogP contribution in [0.2, 0.25) is 0 Å². The molecule has 4 aromatic rings. The molecule has 26 heavy (non-hydrogen) atoms. The number of rotatable bonds is 3. The molecule has 0 aliphatic rings. The number of fused-ring (bicyclic) bond motifs is 1. The smallest absolute Gasteiger partial charge is 0.266 e. The standard InChI is InChI=1S/C19H12BrN3O2S/c20-14-9-5-4-8-13(14)11-16-18(25)23-19(26-16)21-17(24)15(22-23)10-12-6-2-1-3-7-12/h1-9,11H,10H2/b16-11-. The van der Waals surface area contributed by atoms with E-state index in [4.69, 9.17) is 0 Å². The summed E-state index contributed by atoms with van der Waals surface area (Å²) in [6, 6.07) is 17.1. The molecule has 0 aliphatic carbocycles. The first-order valence-corrected chi connectivity index (χ1v) is 9.46. The highest BCUT2D eigenvalue weighted by Crippen LogP contribution is 2.16. The van der Waals surface area contributed by atoms with E-state index in [9.17, 15) is 9.59 Å². The summed E-state index contributed by atoms with van der Waals surface area (Å²) >= 11 is 4.62. The molecular weight excluding hydrogens is 414 g/mol. The minimum atomic E-state index is -0.400. The van der Waals surface area contributed by atoms with E-state index < -0.39 is 5.56 Å². The summed E-state index contributed by atoms with van der Waals surface area (Å²) in [5.74, 6) is 0. The van der Waals surface area contributed by atoms with Gasteiger partial charge >= 0.3 is 0 Å². The van der Waals surface area contributed by atoms with E-state index in [0.717, 1.165) is 26.9 Å². The summed E-state index contributed by atoms with van der Waals surface area (Å²) < 4.78 is 2.58. The fourth-order valence-corrected chi connectivity index (χ4v) is 3.87. The minimum absolute atomic E-state index is 0.260. The molecule has 0 saturated carbocycles. The fourth-order valence-electron chi connectivity index (χ4n) is 2.57. The zero-order valence-electron chi connectivity index (χ0n) is 13.4. The third kappa shape index (κ3) is 3.23. The largest absolute Gasteiger partial charge is 0.296 e. The van der Waals surface area contributed by atoms with Gasteiger partial charge in [0.2, 0.25) is 4.96 Å². The number of nitrogens with zero attached hydrogens (tertiary/aromatic N) is 3. The Morgan fingerprint density at radius 3 is 2.54 bits per heavy atom. The van der Waals surface area contributed by atoms with Gasteiger partial charge < -0.3 is 0 Å². The van der Waals surface area contributed by atoms with Crippen molar-refractivity contribution < 1.29 is 0 Å². The van der Waals surface area contributed by atoms with Crippen molar-refractivity contribution in [3.8, 4) is 0 Å². The van der Waals surface area contributed by atoms with Crippen molar-refractivity contribution >= 4 is 38.3 Å². The molecular formula is C19H12BrN3O2S. The second kappa shape index (κ2) is 6.93. The molecule has 0 unspecified atom stereocenters. The molecule has 0 amide bonds. The van der Waals surface area contributed by atoms with Crippen molar-refractivity contribution in [1.29, 1.82) is 0 Å². The second-order valence-corrected chi connectivity index (χ2v) is 7.52. The van der Waals surface area contributed by atoms with Gasteiger partial charge in [0.1, 0.15) is 5.69 Å². The number of aromatic nitrogens is 3. The first kappa shape index (κ1) is 16.8. The SMILES string of the molecule is O=c1nc2s/c(=C\c3ccccc3Br)c(=O)n2nc1Cc1ccccc1. The Balaban J connectivity index is 1.85. The Bertz CT molecular complexity index is 1270. The summed E-state index contributed by atoms with van der Waals surface area (Å²) in [7, 11) is 0. The molecule has 0 aliphatic heterocycles. The number of hydrogen-bond donors (Lipinski definition) is 0. The summed E-state index contributed by atoms with van der Waals surface area (Å²) in [6.07, 6.45) is 2.11. The lowest BCUT2D eigenvalue weighted by Gasteiger charge is -1.99. The maximum absolute atomic E-state index is 12.7. The molecule has 0 bridgehead atoms. The number of benzene rings is 2. The molecule has 5 nitrogen and oxygen atoms in total. The van der Waals surface area contributed by atoms with Crippen LogP contribution in [0.25, 0.3) is 11.0 Å². The maximum atomic E-state index is 12.7. The molecule has 128 valence electrons. The first-order chi connectivity index (χ1) is 12.6. The molecule has 7 heteroatoms. The van der Waals surface area contributed by atoms with Crippen molar-refractivity contribution in [1.82, 2.24) is 14.6 Å². The predicted molar refractivity (Wildman–Crippen MR) is 106 cm³/mol. The van der Waals surface area contributed by atoms with Gasteiger partial charge in [-0.1, -0.05) is 75.8 Å². The van der Waals surface area contributed by atoms with Crippen LogP contribution in [0.3, 0.4) is 0 Å². The molecule has 0 saturated heterocycles. The van der Waals surface area contributed by atoms with Gasteiger partial charge in [-0.3, -0.25) is 9.59 Å². The number of hydrogen-bond acceptors (Lipinski definition) is 5. The van der Waals surface area contributed by atoms with Crippen LogP contribution in [-0.2, 0) is 6.42 Å². The molecule has 0 spiro atoms. The van der Waals surface area contributed by atoms with E-state index in [2.05, 4.69) is 26.0 Å². The van der Waals surface area contributed by atoms with Crippen molar-refractivity contribution in [3.05, 3.63) is 101 Å². The topological polar surface area (TPSA) is 64.3 Å². The van der Waals surface area contributed by atoms with E-state index in [1.807, 2.05) is 54.6 Å². The quantitative estimate of drug-likeness (QED) is 0.505. The highest BCUT2D eigenvalue weighted by Gasteiger charge is 2.11. The Morgan fingerprint density at radius 2 is 1.77 bits per heavy atom. The molecule has 0 atom stereocenters. The summed E-state index contributed by atoms with van der Waals surface area (Å²) in [6.45, 7) is 0. The molecule has 0 radical (unpaired) electrons. The van der Waals surface area contributed by atoms with Crippen molar-refractivity contribution in [2.24, 2.45) is 0 Å². The summed E-state index contributed by atoms with van der Waals surface area (Å²) in [5.41, 5.74) is 1.41. The van der Waals surface area contributed by atoms with Crippen LogP contribution in [-0.4, -0.2) is 14.6 Å². The van der Waals surface area contributed by atoms with Gasteiger partial charge in [-0.25, -0.2) is 0 Å². The fraction of sp³-hybridized carbons (Fsp3) is 0.0526. The van der Waals surface area contributed by atoms with Gasteiger partial charge in [0.25, 0.3) is 11.1 Å². The second-order valence-electron chi connectivity index (χ2n) is 5.66. The van der Waals surface area contributed by atoms with Gasteiger partial charge in [0, 0.05) is 10.9 Å². The third-order valence-electron chi connectivity index (χ3n) is 3.86. The zero-order valence-corrected chi connectivity index (χ0v) is 15.8. The van der Waals surface area contributed by atoms with Gasteiger partial charge in [-0.05, 0) is 23.3 Å². The minimum Gasteiger partial charge on any atom is -0.266 e. The first-order valence-electron chi connectivity index (χ1n) is 7.85. The van der Waals surface area contributed by atoms with E-state index in [1.54, 1.807) is 6.08 Å². The predicted octanol–water partition coefficient (Wildman–Crippen LogP) is 2.41. The number of halogens is 1. The lowest BCUT2D eigenvalue weighted by atomic mass is 10.1. The monoisotopic (exact) mass is 425 g/mol. The van der Waals surface area contributed by atoms with Crippen LogP contribution in [0.15, 0.2) is 68.7 Å². The van der Waals surface area contributed by atoms with Crippen LogP contribution >= 0.6 is 27.3 Å². The van der Waals surface area contributed by atoms with E-state index >= 15 is 0 Å². The maximum Gasteiger partial charge on any atom is 0.296 e. The lowest BCUT2D eigenvalue weighted by molar-refractivity contribution is 0.811. The van der Waals surface area contributed by atoms with Gasteiger partial charge in [-0.15, -0.1) is 0 Å². The lowest BCUT2D eigenvalue weighted by Crippen LogP contribution is -2.28. The summed E-state index contributed by atoms with van der Waals surface area (Å²) in [4.78, 5) is 29.3. The Kier molecular flexibility index (Phi) is 4.48. The van der Waals surface area contributed by atoms with E-state index in [0.29, 0.717) is 15.9 Å². The van der Waals surface area contributed by atoms with Crippen LogP contribution in [0.5, 0.6) is 0 Å². The zero-order chi connectivity index (χ0) is 18.1. The van der Waals surface area contributed by atoms with Crippen molar-refractivity contribution in [2.45, 2.75) is 6.42 Å². The average molecular weight is 426 g/mol. The van der Waals surface area contributed by atoms with Gasteiger partial charge in [0.05, 0.1) is 4.53 Å². The van der Waals surface area contributed by atoms with Crippen molar-refractivity contribution in [3.63, 3.8) is 0 Å². The summed E-state index contributed by atoms with van der Waals surface area (Å²) in [5, 5.41) is 4.26. The third-order valence-corrected chi connectivity index (χ3v) is 5.54. The Morgan fingerprint density at radius 1 is 1.04 bits per heavy atom. The molecule has 0 N–H and O–H groups in total. The van der Waals surface area contributed by atoms with Crippen LogP contribution in [0, 0.1) is 0 Å². The van der Waals surface area contributed by atoms with Crippen LogP contribution in [0.1, 0.15) is 16.8 Å². The van der Waals surface area contributed by atoms with Gasteiger partial charge in [-0.2, -0.15) is 14.6 Å². The highest BCUT2D eigenvalue weighted by atomic mass is 79.9. The average Bonchev–Trinajstić information content (AvgIpc) is 2.93. The van der Waals surface area contributed by atoms with E-state index in [1.165, 1.54) is 4.52 Å². The molecule has 4 rings (SSSR count).